The second-order valence-electron chi connectivity index (χ2n) is 15.8. The lowest BCUT2D eigenvalue weighted by molar-refractivity contribution is -0.160. The standard InChI is InChI=1S/C35H51FN3O9P/c1-33(2,3)31(42)47-19-35(21-49(44,45)46,20-48-32(43)34(4,5)6)38-30(41)25-18-39(23-14-10-11-15-23)28-17-27(26(36)16-24(28)29(25)40)37-22-12-8-7-9-13-22/h16-18,22-23,37H,7-15,19-21H2,1-6H3,(H,38,41)(H2,44,45,46). The maximum atomic E-state index is 15.6. The molecule has 272 valence electrons. The second kappa shape index (κ2) is 14.9. The van der Waals surface area contributed by atoms with Crippen LogP contribution in [-0.4, -0.2) is 63.2 Å². The first kappa shape index (κ1) is 38.5. The number of pyridine rings is 1. The molecule has 1 aromatic heterocycles. The molecule has 0 saturated heterocycles. The molecule has 2 aliphatic rings. The van der Waals surface area contributed by atoms with Gasteiger partial charge in [-0.05, 0) is 79.4 Å². The maximum Gasteiger partial charge on any atom is 0.328 e. The monoisotopic (exact) mass is 707 g/mol. The number of benzene rings is 1. The van der Waals surface area contributed by atoms with Crippen molar-refractivity contribution in [3.63, 3.8) is 0 Å². The van der Waals surface area contributed by atoms with Crippen LogP contribution in [0.4, 0.5) is 10.1 Å². The molecule has 2 aliphatic carbocycles. The van der Waals surface area contributed by atoms with Crippen LogP contribution in [0.15, 0.2) is 23.1 Å². The van der Waals surface area contributed by atoms with Gasteiger partial charge in [0.1, 0.15) is 30.1 Å². The molecule has 2 saturated carbocycles. The van der Waals surface area contributed by atoms with Gasteiger partial charge in [0.25, 0.3) is 5.91 Å². The van der Waals surface area contributed by atoms with Gasteiger partial charge in [-0.3, -0.25) is 23.7 Å². The fourth-order valence-electron chi connectivity index (χ4n) is 6.38. The molecule has 49 heavy (non-hydrogen) atoms. The predicted octanol–water partition coefficient (Wildman–Crippen LogP) is 5.83. The average molecular weight is 708 g/mol. The number of anilines is 1. The number of nitrogens with one attached hydrogen (secondary N) is 2. The van der Waals surface area contributed by atoms with Crippen LogP contribution in [0.2, 0.25) is 0 Å². The van der Waals surface area contributed by atoms with Crippen LogP contribution in [0.1, 0.15) is 116 Å². The van der Waals surface area contributed by atoms with Gasteiger partial charge in [0.05, 0.1) is 28.2 Å². The van der Waals surface area contributed by atoms with Gasteiger partial charge in [-0.1, -0.05) is 32.1 Å². The van der Waals surface area contributed by atoms with Crippen molar-refractivity contribution in [2.45, 2.75) is 117 Å². The van der Waals surface area contributed by atoms with Crippen molar-refractivity contribution in [2.24, 2.45) is 10.8 Å². The summed E-state index contributed by atoms with van der Waals surface area (Å²) >= 11 is 0. The van der Waals surface area contributed by atoms with Crippen molar-refractivity contribution in [1.82, 2.24) is 9.88 Å². The highest BCUT2D eigenvalue weighted by Gasteiger charge is 2.44. The van der Waals surface area contributed by atoms with E-state index in [0.29, 0.717) is 5.52 Å². The Hall–Kier alpha value is -3.28. The summed E-state index contributed by atoms with van der Waals surface area (Å²) in [6.07, 6.45) is 8.80. The number of amides is 1. The number of halogens is 1. The number of hydrogen-bond donors (Lipinski definition) is 4. The third kappa shape index (κ3) is 9.92. The number of hydrogen-bond acceptors (Lipinski definition) is 8. The highest BCUT2D eigenvalue weighted by Crippen LogP contribution is 2.40. The number of ether oxygens (including phenoxy) is 2. The predicted molar refractivity (Wildman–Crippen MR) is 184 cm³/mol. The van der Waals surface area contributed by atoms with E-state index in [0.717, 1.165) is 63.9 Å². The Kier molecular flexibility index (Phi) is 11.7. The Morgan fingerprint density at radius 2 is 1.43 bits per heavy atom. The summed E-state index contributed by atoms with van der Waals surface area (Å²) in [6.45, 7) is 7.92. The van der Waals surface area contributed by atoms with Gasteiger partial charge < -0.3 is 34.5 Å². The summed E-state index contributed by atoms with van der Waals surface area (Å²) in [5, 5.41) is 5.80. The van der Waals surface area contributed by atoms with E-state index >= 15 is 4.39 Å². The first-order valence-electron chi connectivity index (χ1n) is 17.1. The fraction of sp³-hybridized carbons (Fsp3) is 0.657. The lowest BCUT2D eigenvalue weighted by Gasteiger charge is -2.35. The van der Waals surface area contributed by atoms with Crippen LogP contribution in [-0.2, 0) is 23.6 Å². The molecule has 0 spiro atoms. The smallest absolute Gasteiger partial charge is 0.328 e. The quantitative estimate of drug-likeness (QED) is 0.165. The molecule has 0 bridgehead atoms. The van der Waals surface area contributed by atoms with E-state index in [1.807, 2.05) is 4.57 Å². The highest BCUT2D eigenvalue weighted by atomic mass is 31.2. The van der Waals surface area contributed by atoms with E-state index in [1.165, 1.54) is 6.20 Å². The number of fused-ring (bicyclic) bond motifs is 1. The topological polar surface area (TPSA) is 173 Å². The Morgan fingerprint density at radius 3 is 1.94 bits per heavy atom. The number of nitrogens with zero attached hydrogens (tertiary/aromatic N) is 1. The Morgan fingerprint density at radius 1 is 0.898 bits per heavy atom. The largest absolute Gasteiger partial charge is 0.463 e. The number of carbonyl (C=O) groups excluding carboxylic acids is 3. The normalized spacial score (nSPS) is 16.8. The maximum absolute atomic E-state index is 15.6. The van der Waals surface area contributed by atoms with Crippen molar-refractivity contribution in [1.29, 1.82) is 0 Å². The zero-order valence-electron chi connectivity index (χ0n) is 29.4. The zero-order chi connectivity index (χ0) is 36.4. The van der Waals surface area contributed by atoms with E-state index in [2.05, 4.69) is 10.6 Å². The first-order valence-corrected chi connectivity index (χ1v) is 18.9. The lowest BCUT2D eigenvalue weighted by atomic mass is 9.95. The number of esters is 2. The van der Waals surface area contributed by atoms with Crippen LogP contribution in [0, 0.1) is 16.6 Å². The molecule has 4 rings (SSSR count). The van der Waals surface area contributed by atoms with Gasteiger partial charge >= 0.3 is 19.5 Å². The molecule has 1 amide bonds. The molecular weight excluding hydrogens is 656 g/mol. The molecule has 2 fully saturated rings. The van der Waals surface area contributed by atoms with Crippen LogP contribution >= 0.6 is 7.60 Å². The van der Waals surface area contributed by atoms with E-state index in [9.17, 15) is 33.5 Å². The summed E-state index contributed by atoms with van der Waals surface area (Å²) in [5.74, 6) is -3.15. The van der Waals surface area contributed by atoms with Gasteiger partial charge in [-0.2, -0.15) is 0 Å². The fourth-order valence-corrected chi connectivity index (χ4v) is 7.43. The highest BCUT2D eigenvalue weighted by molar-refractivity contribution is 7.51. The molecule has 1 aromatic carbocycles. The van der Waals surface area contributed by atoms with Gasteiger partial charge in [0, 0.05) is 23.7 Å². The van der Waals surface area contributed by atoms with E-state index in [-0.39, 0.29) is 23.2 Å². The number of aromatic nitrogens is 1. The van der Waals surface area contributed by atoms with Gasteiger partial charge in [-0.15, -0.1) is 0 Å². The van der Waals surface area contributed by atoms with Crippen LogP contribution in [0.25, 0.3) is 10.9 Å². The molecular formula is C35H51FN3O9P. The minimum absolute atomic E-state index is 0.0230. The molecule has 0 atom stereocenters. The van der Waals surface area contributed by atoms with Crippen molar-refractivity contribution in [2.75, 3.05) is 24.7 Å². The van der Waals surface area contributed by atoms with Crippen molar-refractivity contribution in [3.05, 3.63) is 39.9 Å². The average Bonchev–Trinajstić information content (AvgIpc) is 3.53. The molecule has 14 heteroatoms. The minimum atomic E-state index is -4.98. The summed E-state index contributed by atoms with van der Waals surface area (Å²) in [5.41, 5.74) is -4.59. The zero-order valence-corrected chi connectivity index (χ0v) is 30.3. The Labute approximate surface area is 286 Å². The van der Waals surface area contributed by atoms with Gasteiger partial charge in [-0.25, -0.2) is 4.39 Å². The summed E-state index contributed by atoms with van der Waals surface area (Å²) in [6, 6.07) is 2.78. The third-order valence-corrected chi connectivity index (χ3v) is 10.1. The number of rotatable bonds is 11. The molecule has 0 radical (unpaired) electrons. The first-order chi connectivity index (χ1) is 22.7. The van der Waals surface area contributed by atoms with Crippen molar-refractivity contribution in [3.8, 4) is 0 Å². The summed E-state index contributed by atoms with van der Waals surface area (Å²) < 4.78 is 40.8. The van der Waals surface area contributed by atoms with Crippen LogP contribution < -0.4 is 16.1 Å². The molecule has 0 aliphatic heterocycles. The number of carbonyl (C=O) groups is 3. The summed E-state index contributed by atoms with van der Waals surface area (Å²) in [7, 11) is -4.98. The molecule has 12 nitrogen and oxygen atoms in total. The SMILES string of the molecule is CC(C)(C)C(=O)OCC(COC(=O)C(C)(C)C)(CP(=O)(O)O)NC(=O)c1cn(C2CCCC2)c2cc(NC3CCCCC3)c(F)cc2c1=O. The Bertz CT molecular complexity index is 1630. The van der Waals surface area contributed by atoms with Crippen molar-refractivity contribution < 1.29 is 42.6 Å². The van der Waals surface area contributed by atoms with Crippen molar-refractivity contribution >= 4 is 42.0 Å². The van der Waals surface area contributed by atoms with Crippen LogP contribution in [0.3, 0.4) is 0 Å². The lowest BCUT2D eigenvalue weighted by Crippen LogP contribution is -2.59. The molecule has 1 heterocycles. The van der Waals surface area contributed by atoms with Gasteiger partial charge in [0.2, 0.25) is 5.43 Å². The molecule has 4 N–H and O–H groups in total. The van der Waals surface area contributed by atoms with E-state index in [4.69, 9.17) is 9.47 Å². The third-order valence-electron chi connectivity index (χ3n) is 9.12. The second-order valence-corrected chi connectivity index (χ2v) is 17.4. The van der Waals surface area contributed by atoms with Crippen LogP contribution in [0.5, 0.6) is 0 Å². The van der Waals surface area contributed by atoms with E-state index in [1.54, 1.807) is 47.6 Å². The molecule has 0 unspecified atom stereocenters. The minimum Gasteiger partial charge on any atom is -0.463 e. The summed E-state index contributed by atoms with van der Waals surface area (Å²) in [4.78, 5) is 73.9. The van der Waals surface area contributed by atoms with E-state index < -0.39 is 78.0 Å². The Balaban J connectivity index is 1.80. The molecule has 2 aromatic rings. The van der Waals surface area contributed by atoms with Gasteiger partial charge in [0.15, 0.2) is 0 Å².